The summed E-state index contributed by atoms with van der Waals surface area (Å²) in [5.41, 5.74) is 1.24. The molecular weight excluding hydrogens is 294 g/mol. The summed E-state index contributed by atoms with van der Waals surface area (Å²) in [5.74, 6) is -0.436. The van der Waals surface area contributed by atoms with Gasteiger partial charge in [0.25, 0.3) is 0 Å². The van der Waals surface area contributed by atoms with Gasteiger partial charge in [0.2, 0.25) is 5.91 Å². The molecule has 2 aliphatic rings. The van der Waals surface area contributed by atoms with E-state index in [1.54, 1.807) is 24.3 Å². The fourth-order valence-electron chi connectivity index (χ4n) is 3.93. The quantitative estimate of drug-likeness (QED) is 0.873. The number of nitrogens with one attached hydrogen (secondary N) is 1. The van der Waals surface area contributed by atoms with E-state index in [0.717, 1.165) is 18.6 Å². The molecule has 124 valence electrons. The number of ether oxygens (including phenoxy) is 1. The molecule has 1 saturated heterocycles. The third-order valence-corrected chi connectivity index (χ3v) is 5.26. The average Bonchev–Trinajstić information content (AvgIpc) is 2.98. The zero-order valence-corrected chi connectivity index (χ0v) is 13.5. The van der Waals surface area contributed by atoms with Crippen molar-refractivity contribution < 1.29 is 19.4 Å². The first-order chi connectivity index (χ1) is 10.9. The maximum atomic E-state index is 12.2. The van der Waals surface area contributed by atoms with E-state index in [2.05, 4.69) is 19.2 Å². The maximum Gasteiger partial charge on any atom is 0.335 e. The Labute approximate surface area is 136 Å². The van der Waals surface area contributed by atoms with E-state index < -0.39 is 5.97 Å². The number of carboxylic acids is 1. The number of benzene rings is 1. The van der Waals surface area contributed by atoms with E-state index >= 15 is 0 Å². The topological polar surface area (TPSA) is 75.6 Å². The molecule has 1 aliphatic heterocycles. The number of carboxylic acid groups (broad SMARTS) is 1. The number of amides is 1. The smallest absolute Gasteiger partial charge is 0.335 e. The normalized spacial score (nSPS) is 27.8. The van der Waals surface area contributed by atoms with Crippen molar-refractivity contribution in [2.45, 2.75) is 45.3 Å². The first-order valence-corrected chi connectivity index (χ1v) is 8.13. The van der Waals surface area contributed by atoms with Gasteiger partial charge in [-0.05, 0) is 30.5 Å². The van der Waals surface area contributed by atoms with Gasteiger partial charge in [-0.3, -0.25) is 4.79 Å². The molecule has 0 aromatic heterocycles. The molecule has 0 radical (unpaired) electrons. The third kappa shape index (κ3) is 2.98. The van der Waals surface area contributed by atoms with Crippen molar-refractivity contribution in [1.82, 2.24) is 5.32 Å². The van der Waals surface area contributed by atoms with Crippen LogP contribution in [-0.4, -0.2) is 35.7 Å². The van der Waals surface area contributed by atoms with Crippen LogP contribution in [0.4, 0.5) is 0 Å². The standard InChI is InChI=1S/C18H23NO4/c1-18(2)15(13-9-10-23-16(13)18)19-14(20)8-5-11-3-6-12(7-4-11)17(21)22/h3-4,6-7,13,15-16H,5,8-10H2,1-2H3,(H,19,20)(H,21,22)/t13-,15+,16+/m0/s1. The summed E-state index contributed by atoms with van der Waals surface area (Å²) >= 11 is 0. The zero-order valence-electron chi connectivity index (χ0n) is 13.5. The summed E-state index contributed by atoms with van der Waals surface area (Å²) < 4.78 is 5.74. The van der Waals surface area contributed by atoms with Crippen LogP contribution in [0.3, 0.4) is 0 Å². The highest BCUT2D eigenvalue weighted by atomic mass is 16.5. The summed E-state index contributed by atoms with van der Waals surface area (Å²) in [7, 11) is 0. The predicted octanol–water partition coefficient (Wildman–Crippen LogP) is 2.25. The molecule has 1 saturated carbocycles. The van der Waals surface area contributed by atoms with E-state index in [-0.39, 0.29) is 29.0 Å². The van der Waals surface area contributed by atoms with Crippen molar-refractivity contribution in [3.63, 3.8) is 0 Å². The van der Waals surface area contributed by atoms with Crippen molar-refractivity contribution in [3.8, 4) is 0 Å². The molecule has 1 aromatic rings. The number of hydrogen-bond donors (Lipinski definition) is 2. The van der Waals surface area contributed by atoms with Crippen LogP contribution >= 0.6 is 0 Å². The molecule has 0 unspecified atom stereocenters. The summed E-state index contributed by atoms with van der Waals surface area (Å²) in [6, 6.07) is 6.88. The summed E-state index contributed by atoms with van der Waals surface area (Å²) in [6.07, 6.45) is 2.33. The molecular formula is C18H23NO4. The van der Waals surface area contributed by atoms with Crippen molar-refractivity contribution in [2.75, 3.05) is 6.61 Å². The molecule has 23 heavy (non-hydrogen) atoms. The zero-order chi connectivity index (χ0) is 16.6. The fraction of sp³-hybridized carbons (Fsp3) is 0.556. The van der Waals surface area contributed by atoms with Gasteiger partial charge in [0.15, 0.2) is 0 Å². The molecule has 0 spiro atoms. The lowest BCUT2D eigenvalue weighted by atomic mass is 9.57. The second-order valence-electron chi connectivity index (χ2n) is 7.11. The molecule has 5 heteroatoms. The van der Waals surface area contributed by atoms with Gasteiger partial charge in [0.1, 0.15) is 0 Å². The van der Waals surface area contributed by atoms with Crippen LogP contribution < -0.4 is 5.32 Å². The van der Waals surface area contributed by atoms with Gasteiger partial charge in [-0.25, -0.2) is 4.79 Å². The van der Waals surface area contributed by atoms with E-state index in [1.165, 1.54) is 0 Å². The van der Waals surface area contributed by atoms with Crippen LogP contribution in [0, 0.1) is 11.3 Å². The van der Waals surface area contributed by atoms with Gasteiger partial charge < -0.3 is 15.2 Å². The highest BCUT2D eigenvalue weighted by Crippen LogP contribution is 2.52. The minimum absolute atomic E-state index is 0.0000372. The van der Waals surface area contributed by atoms with E-state index in [0.29, 0.717) is 18.8 Å². The Kier molecular flexibility index (Phi) is 4.15. The molecule has 2 fully saturated rings. The summed E-state index contributed by atoms with van der Waals surface area (Å²) in [6.45, 7) is 5.09. The SMILES string of the molecule is CC1(C)[C@H](NC(=O)CCc2ccc(C(=O)O)cc2)[C@@H]2CCO[C@H]21. The Balaban J connectivity index is 1.51. The first kappa shape index (κ1) is 16.0. The lowest BCUT2D eigenvalue weighted by Crippen LogP contribution is -2.66. The van der Waals surface area contributed by atoms with Crippen LogP contribution in [0.5, 0.6) is 0 Å². The van der Waals surface area contributed by atoms with Crippen LogP contribution in [0.15, 0.2) is 24.3 Å². The molecule has 3 rings (SSSR count). The maximum absolute atomic E-state index is 12.2. The third-order valence-electron chi connectivity index (χ3n) is 5.26. The Morgan fingerprint density at radius 1 is 1.30 bits per heavy atom. The lowest BCUT2D eigenvalue weighted by Gasteiger charge is -2.54. The number of rotatable bonds is 5. The van der Waals surface area contributed by atoms with Crippen molar-refractivity contribution in [1.29, 1.82) is 0 Å². The molecule has 1 aliphatic carbocycles. The van der Waals surface area contributed by atoms with Gasteiger partial charge >= 0.3 is 5.97 Å². The van der Waals surface area contributed by atoms with E-state index in [9.17, 15) is 9.59 Å². The Hall–Kier alpha value is -1.88. The number of fused-ring (bicyclic) bond motifs is 1. The fourth-order valence-corrected chi connectivity index (χ4v) is 3.93. The van der Waals surface area contributed by atoms with Gasteiger partial charge in [0, 0.05) is 30.4 Å². The Morgan fingerprint density at radius 3 is 2.65 bits per heavy atom. The molecule has 5 nitrogen and oxygen atoms in total. The second kappa shape index (κ2) is 5.96. The van der Waals surface area contributed by atoms with E-state index in [4.69, 9.17) is 9.84 Å². The number of hydrogen-bond acceptors (Lipinski definition) is 3. The van der Waals surface area contributed by atoms with Crippen LogP contribution in [-0.2, 0) is 16.0 Å². The molecule has 1 aromatic carbocycles. The molecule has 2 N–H and O–H groups in total. The Morgan fingerprint density at radius 2 is 2.00 bits per heavy atom. The number of aryl methyl sites for hydroxylation is 1. The van der Waals surface area contributed by atoms with Gasteiger partial charge in [-0.2, -0.15) is 0 Å². The Bertz CT molecular complexity index is 608. The van der Waals surface area contributed by atoms with Crippen molar-refractivity contribution in [2.24, 2.45) is 11.3 Å². The first-order valence-electron chi connectivity index (χ1n) is 8.13. The van der Waals surface area contributed by atoms with E-state index in [1.807, 2.05) is 0 Å². The molecule has 1 amide bonds. The summed E-state index contributed by atoms with van der Waals surface area (Å²) in [5, 5.41) is 12.0. The number of carbonyl (C=O) groups excluding carboxylic acids is 1. The second-order valence-corrected chi connectivity index (χ2v) is 7.11. The monoisotopic (exact) mass is 317 g/mol. The van der Waals surface area contributed by atoms with Gasteiger partial charge in [0.05, 0.1) is 11.7 Å². The number of carbonyl (C=O) groups is 2. The van der Waals surface area contributed by atoms with Crippen LogP contribution in [0.25, 0.3) is 0 Å². The minimum atomic E-state index is -0.935. The van der Waals surface area contributed by atoms with Crippen LogP contribution in [0.1, 0.15) is 42.6 Å². The van der Waals surface area contributed by atoms with Gasteiger partial charge in [-0.1, -0.05) is 26.0 Å². The molecule has 3 atom stereocenters. The highest BCUT2D eigenvalue weighted by Gasteiger charge is 2.59. The van der Waals surface area contributed by atoms with Crippen molar-refractivity contribution in [3.05, 3.63) is 35.4 Å². The highest BCUT2D eigenvalue weighted by molar-refractivity contribution is 5.87. The van der Waals surface area contributed by atoms with Gasteiger partial charge in [-0.15, -0.1) is 0 Å². The lowest BCUT2D eigenvalue weighted by molar-refractivity contribution is -0.137. The minimum Gasteiger partial charge on any atom is -0.478 e. The largest absolute Gasteiger partial charge is 0.478 e. The number of aromatic carboxylic acids is 1. The van der Waals surface area contributed by atoms with Crippen LogP contribution in [0.2, 0.25) is 0 Å². The molecule has 1 heterocycles. The van der Waals surface area contributed by atoms with Crippen molar-refractivity contribution >= 4 is 11.9 Å². The predicted molar refractivity (Wildman–Crippen MR) is 85.3 cm³/mol. The summed E-state index contributed by atoms with van der Waals surface area (Å²) in [4.78, 5) is 23.0. The average molecular weight is 317 g/mol. The molecule has 0 bridgehead atoms.